The maximum Gasteiger partial charge on any atom is 0.108 e. The summed E-state index contributed by atoms with van der Waals surface area (Å²) in [7, 11) is 0. The molecule has 0 atom stereocenters. The average molecular weight is 459 g/mol. The number of rotatable bonds is 4. The first-order valence-electron chi connectivity index (χ1n) is 9.39. The molecule has 2 nitrogen and oxygen atoms in total. The standard InChI is InChI=1S/C24H14N2S4/c1-5-17(27-11-1)15-9-10-16(18-6-2-12-28-18)22-21(15)25-23(19-7-3-13-29-19)24(26-22)20-8-4-14-30-20/h1-14H. The molecule has 30 heavy (non-hydrogen) atoms. The van der Waals surface area contributed by atoms with E-state index in [1.54, 1.807) is 45.3 Å². The van der Waals surface area contributed by atoms with Crippen molar-refractivity contribution in [1.29, 1.82) is 0 Å². The maximum absolute atomic E-state index is 5.27. The van der Waals surface area contributed by atoms with Crippen molar-refractivity contribution in [3.63, 3.8) is 0 Å². The number of aromatic nitrogens is 2. The summed E-state index contributed by atoms with van der Waals surface area (Å²) in [6, 6.07) is 21.3. The van der Waals surface area contributed by atoms with Gasteiger partial charge in [-0.1, -0.05) is 36.4 Å². The Hall–Kier alpha value is -2.64. The predicted octanol–water partition coefficient (Wildman–Crippen LogP) is 8.54. The van der Waals surface area contributed by atoms with Crippen molar-refractivity contribution in [3.05, 3.63) is 82.2 Å². The van der Waals surface area contributed by atoms with Gasteiger partial charge in [-0.2, -0.15) is 0 Å². The van der Waals surface area contributed by atoms with Crippen LogP contribution in [0.15, 0.2) is 82.2 Å². The zero-order valence-electron chi connectivity index (χ0n) is 15.6. The van der Waals surface area contributed by atoms with Gasteiger partial charge in [0, 0.05) is 20.9 Å². The Morgan fingerprint density at radius 3 is 1.13 bits per heavy atom. The Morgan fingerprint density at radius 1 is 0.433 bits per heavy atom. The highest BCUT2D eigenvalue weighted by molar-refractivity contribution is 7.15. The molecule has 0 amide bonds. The molecule has 0 saturated carbocycles. The number of hydrogen-bond acceptors (Lipinski definition) is 6. The predicted molar refractivity (Wildman–Crippen MR) is 133 cm³/mol. The third-order valence-electron chi connectivity index (χ3n) is 4.91. The fraction of sp³-hybridized carbons (Fsp3) is 0. The van der Waals surface area contributed by atoms with E-state index in [0.29, 0.717) is 0 Å². The lowest BCUT2D eigenvalue weighted by molar-refractivity contribution is 1.31. The van der Waals surface area contributed by atoms with Crippen molar-refractivity contribution in [1.82, 2.24) is 9.97 Å². The summed E-state index contributed by atoms with van der Waals surface area (Å²) < 4.78 is 0. The van der Waals surface area contributed by atoms with Gasteiger partial charge in [0.25, 0.3) is 0 Å². The van der Waals surface area contributed by atoms with Crippen LogP contribution in [0.25, 0.3) is 53.1 Å². The van der Waals surface area contributed by atoms with Crippen molar-refractivity contribution in [3.8, 4) is 42.0 Å². The summed E-state index contributed by atoms with van der Waals surface area (Å²) >= 11 is 6.89. The number of nitrogens with zero attached hydrogens (tertiary/aromatic N) is 2. The van der Waals surface area contributed by atoms with Gasteiger partial charge >= 0.3 is 0 Å². The quantitative estimate of drug-likeness (QED) is 0.264. The second kappa shape index (κ2) is 7.56. The maximum atomic E-state index is 5.27. The lowest BCUT2D eigenvalue weighted by Gasteiger charge is -2.13. The van der Waals surface area contributed by atoms with E-state index in [2.05, 4.69) is 82.2 Å². The minimum atomic E-state index is 0.959. The molecule has 0 N–H and O–H groups in total. The van der Waals surface area contributed by atoms with E-state index in [-0.39, 0.29) is 0 Å². The van der Waals surface area contributed by atoms with E-state index in [1.807, 2.05) is 0 Å². The molecular weight excluding hydrogens is 445 g/mol. The molecule has 0 aliphatic carbocycles. The van der Waals surface area contributed by atoms with Crippen molar-refractivity contribution >= 4 is 56.4 Å². The highest BCUT2D eigenvalue weighted by Gasteiger charge is 2.20. The van der Waals surface area contributed by atoms with Crippen molar-refractivity contribution in [2.45, 2.75) is 0 Å². The monoisotopic (exact) mass is 458 g/mol. The molecule has 0 spiro atoms. The average Bonchev–Trinajstić information content (AvgIpc) is 3.60. The molecule has 0 unspecified atom stereocenters. The van der Waals surface area contributed by atoms with Crippen LogP contribution >= 0.6 is 45.3 Å². The number of benzene rings is 1. The highest BCUT2D eigenvalue weighted by Crippen LogP contribution is 2.41. The molecular formula is C24H14N2S4. The fourth-order valence-corrected chi connectivity index (χ4v) is 6.50. The first-order chi connectivity index (χ1) is 14.9. The van der Waals surface area contributed by atoms with Crippen molar-refractivity contribution in [2.24, 2.45) is 0 Å². The Balaban J connectivity index is 1.74. The summed E-state index contributed by atoms with van der Waals surface area (Å²) in [5.74, 6) is 0. The minimum Gasteiger partial charge on any atom is -0.242 e. The van der Waals surface area contributed by atoms with E-state index in [0.717, 1.165) is 43.3 Å². The van der Waals surface area contributed by atoms with Gasteiger partial charge in [0.05, 0.1) is 20.8 Å². The van der Waals surface area contributed by atoms with Crippen LogP contribution in [0.4, 0.5) is 0 Å². The summed E-state index contributed by atoms with van der Waals surface area (Å²) in [6.07, 6.45) is 0. The fourth-order valence-electron chi connectivity index (χ4n) is 3.57. The van der Waals surface area contributed by atoms with Crippen LogP contribution in [0.2, 0.25) is 0 Å². The molecule has 0 aliphatic rings. The second-order valence-electron chi connectivity index (χ2n) is 6.69. The lowest BCUT2D eigenvalue weighted by Crippen LogP contribution is -1.96. The number of thiophene rings is 4. The number of hydrogen-bond donors (Lipinski definition) is 0. The van der Waals surface area contributed by atoms with E-state index >= 15 is 0 Å². The van der Waals surface area contributed by atoms with Gasteiger partial charge in [0.2, 0.25) is 0 Å². The molecule has 5 aromatic heterocycles. The zero-order chi connectivity index (χ0) is 19.9. The Morgan fingerprint density at radius 2 is 0.800 bits per heavy atom. The third-order valence-corrected chi connectivity index (χ3v) is 8.46. The first-order valence-corrected chi connectivity index (χ1v) is 12.9. The summed E-state index contributed by atoms with van der Waals surface area (Å²) in [4.78, 5) is 15.3. The van der Waals surface area contributed by atoms with E-state index in [9.17, 15) is 0 Å². The molecule has 0 fully saturated rings. The molecule has 6 heteroatoms. The summed E-state index contributed by atoms with van der Waals surface area (Å²) in [5, 5.41) is 8.42. The van der Waals surface area contributed by atoms with Crippen molar-refractivity contribution in [2.75, 3.05) is 0 Å². The molecule has 0 aliphatic heterocycles. The Labute approximate surface area is 189 Å². The SMILES string of the molecule is c1csc(-c2nc3c(-c4cccs4)ccc(-c4cccs4)c3nc2-c2cccs2)c1. The smallest absolute Gasteiger partial charge is 0.108 e. The van der Waals surface area contributed by atoms with Crippen molar-refractivity contribution < 1.29 is 0 Å². The van der Waals surface area contributed by atoms with E-state index in [4.69, 9.17) is 9.97 Å². The Kier molecular flexibility index (Phi) is 4.57. The second-order valence-corrected chi connectivity index (χ2v) is 10.5. The topological polar surface area (TPSA) is 25.8 Å². The van der Waals surface area contributed by atoms with Gasteiger partial charge in [-0.25, -0.2) is 9.97 Å². The molecule has 0 radical (unpaired) electrons. The van der Waals surface area contributed by atoms with Crippen LogP contribution in [0.1, 0.15) is 0 Å². The number of fused-ring (bicyclic) bond motifs is 1. The van der Waals surface area contributed by atoms with Gasteiger partial charge < -0.3 is 0 Å². The molecule has 0 bridgehead atoms. The van der Waals surface area contributed by atoms with Gasteiger partial charge in [-0.15, -0.1) is 45.3 Å². The molecule has 0 saturated heterocycles. The summed E-state index contributed by atoms with van der Waals surface area (Å²) in [6.45, 7) is 0. The molecule has 5 heterocycles. The van der Waals surface area contributed by atoms with Crippen LogP contribution in [-0.4, -0.2) is 9.97 Å². The van der Waals surface area contributed by atoms with Crippen LogP contribution < -0.4 is 0 Å². The van der Waals surface area contributed by atoms with Crippen LogP contribution in [-0.2, 0) is 0 Å². The van der Waals surface area contributed by atoms with E-state index in [1.165, 1.54) is 9.75 Å². The molecule has 6 rings (SSSR count). The highest BCUT2D eigenvalue weighted by atomic mass is 32.1. The normalized spacial score (nSPS) is 11.3. The lowest BCUT2D eigenvalue weighted by atomic mass is 10.0. The van der Waals surface area contributed by atoms with Crippen LogP contribution in [0.5, 0.6) is 0 Å². The van der Waals surface area contributed by atoms with Gasteiger partial charge in [0.15, 0.2) is 0 Å². The first kappa shape index (κ1) is 18.2. The largest absolute Gasteiger partial charge is 0.242 e. The van der Waals surface area contributed by atoms with Gasteiger partial charge in [-0.05, 0) is 45.8 Å². The van der Waals surface area contributed by atoms with Crippen LogP contribution in [0.3, 0.4) is 0 Å². The van der Waals surface area contributed by atoms with E-state index < -0.39 is 0 Å². The van der Waals surface area contributed by atoms with Crippen LogP contribution in [0, 0.1) is 0 Å². The van der Waals surface area contributed by atoms with Gasteiger partial charge in [0.1, 0.15) is 11.4 Å². The zero-order valence-corrected chi connectivity index (χ0v) is 18.9. The van der Waals surface area contributed by atoms with Gasteiger partial charge in [-0.3, -0.25) is 0 Å². The molecule has 144 valence electrons. The minimum absolute atomic E-state index is 0.959. The third kappa shape index (κ3) is 3.04. The summed E-state index contributed by atoms with van der Waals surface area (Å²) in [5.41, 5.74) is 6.13. The molecule has 1 aromatic carbocycles. The molecule has 6 aromatic rings. The Bertz CT molecular complexity index is 1300.